The van der Waals surface area contributed by atoms with Crippen LogP contribution in [0.3, 0.4) is 0 Å². The van der Waals surface area contributed by atoms with E-state index in [0.717, 1.165) is 41.0 Å². The Hall–Kier alpha value is -3.78. The van der Waals surface area contributed by atoms with E-state index >= 15 is 0 Å². The maximum atomic E-state index is 13.9. The highest BCUT2D eigenvalue weighted by Crippen LogP contribution is 2.50. The number of halogens is 1. The molecule has 0 N–H and O–H groups in total. The molecule has 1 aliphatic carbocycles. The summed E-state index contributed by atoms with van der Waals surface area (Å²) in [6, 6.07) is 14.1. The molecule has 2 aliphatic heterocycles. The fraction of sp³-hybridized carbons (Fsp3) is 0.269. The Morgan fingerprint density at radius 2 is 1.76 bits per heavy atom. The summed E-state index contributed by atoms with van der Waals surface area (Å²) < 4.78 is 0. The van der Waals surface area contributed by atoms with Crippen molar-refractivity contribution in [1.29, 1.82) is 5.26 Å². The minimum atomic E-state index is -1.10. The van der Waals surface area contributed by atoms with Crippen LogP contribution in [-0.4, -0.2) is 22.8 Å². The quantitative estimate of drug-likeness (QED) is 0.259. The van der Waals surface area contributed by atoms with Gasteiger partial charge in [0.05, 0.1) is 22.2 Å². The van der Waals surface area contributed by atoms with E-state index in [9.17, 15) is 25.0 Å². The largest absolute Gasteiger partial charge is 0.273 e. The van der Waals surface area contributed by atoms with E-state index in [0.29, 0.717) is 26.8 Å². The molecule has 3 heterocycles. The standard InChI is InChI=1S/C26H19ClN4O5S/c27-15-7-11-16(12-8-15)30-22(14-5-9-17(10-6-14)31(34)35)21-23(36-30)25(33)29(24(21)32)26-19(13-28)18-3-1-2-4-20(18)37-26/h5-12,21-23H,1-4H2/t21-,22-,23-/m0/s1. The number of carbonyl (C=O) groups is 2. The first-order valence-electron chi connectivity index (χ1n) is 11.8. The summed E-state index contributed by atoms with van der Waals surface area (Å²) in [6.45, 7) is 0. The first-order chi connectivity index (χ1) is 17.9. The topological polar surface area (TPSA) is 117 Å². The average Bonchev–Trinajstić information content (AvgIpc) is 3.54. The highest BCUT2D eigenvalue weighted by molar-refractivity contribution is 7.17. The van der Waals surface area contributed by atoms with E-state index in [1.165, 1.54) is 28.5 Å². The SMILES string of the molecule is N#Cc1c(N2C(=O)[C@@H]3[C@H](ON(c4ccc(Cl)cc4)[C@H]3c3ccc([N+](=O)[O-])cc3)C2=O)sc2c1CCCC2. The van der Waals surface area contributed by atoms with E-state index in [1.807, 2.05) is 0 Å². The van der Waals surface area contributed by atoms with Gasteiger partial charge in [-0.1, -0.05) is 23.7 Å². The second-order valence-electron chi connectivity index (χ2n) is 9.16. The number of hydrogen-bond donors (Lipinski definition) is 0. The van der Waals surface area contributed by atoms with Crippen molar-refractivity contribution in [2.75, 3.05) is 9.96 Å². The number of imide groups is 1. The van der Waals surface area contributed by atoms with Crippen LogP contribution in [0.1, 0.15) is 40.5 Å². The fourth-order valence-corrected chi connectivity index (χ4v) is 6.86. The number of aryl methyl sites for hydroxylation is 1. The van der Waals surface area contributed by atoms with E-state index < -0.39 is 34.8 Å². The number of nitrogens with zero attached hydrogens (tertiary/aromatic N) is 4. The lowest BCUT2D eigenvalue weighted by molar-refractivity contribution is -0.384. The van der Waals surface area contributed by atoms with Crippen molar-refractivity contribution in [2.24, 2.45) is 5.92 Å². The zero-order valence-electron chi connectivity index (χ0n) is 19.3. The average molecular weight is 535 g/mol. The minimum absolute atomic E-state index is 0.0875. The lowest BCUT2D eigenvalue weighted by Crippen LogP contribution is -2.37. The lowest BCUT2D eigenvalue weighted by Gasteiger charge is -2.28. The molecule has 2 amide bonds. The predicted octanol–water partition coefficient (Wildman–Crippen LogP) is 5.11. The van der Waals surface area contributed by atoms with Crippen LogP contribution in [0.5, 0.6) is 0 Å². The van der Waals surface area contributed by atoms with Gasteiger partial charge in [0.25, 0.3) is 11.6 Å². The smallest absolute Gasteiger partial charge is 0.269 e. The van der Waals surface area contributed by atoms with Gasteiger partial charge in [-0.25, -0.2) is 9.96 Å². The first kappa shape index (κ1) is 23.6. The molecule has 1 aromatic heterocycles. The fourth-order valence-electron chi connectivity index (χ4n) is 5.38. The van der Waals surface area contributed by atoms with E-state index in [-0.39, 0.29) is 5.69 Å². The highest BCUT2D eigenvalue weighted by atomic mass is 35.5. The number of fused-ring (bicyclic) bond motifs is 2. The highest BCUT2D eigenvalue weighted by Gasteiger charge is 2.61. The Labute approximate surface area is 220 Å². The summed E-state index contributed by atoms with van der Waals surface area (Å²) in [6.07, 6.45) is 2.45. The van der Waals surface area contributed by atoms with Gasteiger partial charge >= 0.3 is 0 Å². The number of anilines is 2. The van der Waals surface area contributed by atoms with Crippen LogP contribution < -0.4 is 9.96 Å². The zero-order valence-corrected chi connectivity index (χ0v) is 20.9. The van der Waals surface area contributed by atoms with Crippen LogP contribution in [0.25, 0.3) is 0 Å². The summed E-state index contributed by atoms with van der Waals surface area (Å²) in [7, 11) is 0. The van der Waals surface area contributed by atoms with Crippen LogP contribution in [0.15, 0.2) is 48.5 Å². The number of rotatable bonds is 4. The number of hydroxylamine groups is 1. The number of hydrogen-bond acceptors (Lipinski definition) is 8. The number of non-ortho nitro benzene ring substituents is 1. The molecule has 37 heavy (non-hydrogen) atoms. The van der Waals surface area contributed by atoms with Crippen LogP contribution >= 0.6 is 22.9 Å². The summed E-state index contributed by atoms with van der Waals surface area (Å²) in [5.41, 5.74) is 2.40. The van der Waals surface area contributed by atoms with Crippen molar-refractivity contribution in [1.82, 2.24) is 0 Å². The lowest BCUT2D eigenvalue weighted by atomic mass is 9.90. The number of amides is 2. The van der Waals surface area contributed by atoms with Gasteiger partial charge in [-0.15, -0.1) is 11.3 Å². The molecule has 11 heteroatoms. The van der Waals surface area contributed by atoms with Gasteiger partial charge in [-0.3, -0.25) is 24.5 Å². The Morgan fingerprint density at radius 1 is 1.05 bits per heavy atom. The number of nitro benzene ring substituents is 1. The van der Waals surface area contributed by atoms with Crippen LogP contribution in [0.2, 0.25) is 5.02 Å². The van der Waals surface area contributed by atoms with Crippen LogP contribution in [0.4, 0.5) is 16.4 Å². The Morgan fingerprint density at radius 3 is 2.43 bits per heavy atom. The monoisotopic (exact) mass is 534 g/mol. The van der Waals surface area contributed by atoms with Gasteiger partial charge < -0.3 is 0 Å². The van der Waals surface area contributed by atoms with Crippen molar-refractivity contribution in [2.45, 2.75) is 37.8 Å². The minimum Gasteiger partial charge on any atom is -0.273 e. The summed E-state index contributed by atoms with van der Waals surface area (Å²) >= 11 is 7.39. The molecule has 2 aromatic carbocycles. The number of nitro groups is 1. The molecule has 0 unspecified atom stereocenters. The number of thiophene rings is 1. The molecule has 6 rings (SSSR count). The summed E-state index contributed by atoms with van der Waals surface area (Å²) in [5.74, 6) is -1.88. The molecule has 3 aromatic rings. The molecule has 0 saturated carbocycles. The molecular weight excluding hydrogens is 516 g/mol. The maximum Gasteiger partial charge on any atom is 0.269 e. The predicted molar refractivity (Wildman–Crippen MR) is 136 cm³/mol. The second-order valence-corrected chi connectivity index (χ2v) is 10.7. The molecule has 3 atom stereocenters. The first-order valence-corrected chi connectivity index (χ1v) is 13.0. The Kier molecular flexibility index (Phi) is 5.71. The number of benzene rings is 2. The van der Waals surface area contributed by atoms with Gasteiger partial charge in [-0.2, -0.15) is 5.26 Å². The summed E-state index contributed by atoms with van der Waals surface area (Å²) in [4.78, 5) is 46.6. The van der Waals surface area contributed by atoms with Gasteiger partial charge in [0.1, 0.15) is 17.0 Å². The summed E-state index contributed by atoms with van der Waals surface area (Å²) in [5, 5.41) is 23.5. The van der Waals surface area contributed by atoms with Crippen molar-refractivity contribution in [3.63, 3.8) is 0 Å². The second kappa shape index (κ2) is 8.95. The molecule has 0 spiro atoms. The zero-order chi connectivity index (χ0) is 25.8. The maximum absolute atomic E-state index is 13.9. The Bertz CT molecular complexity index is 1480. The third-order valence-electron chi connectivity index (χ3n) is 7.11. The molecule has 0 bridgehead atoms. The number of nitriles is 1. The van der Waals surface area contributed by atoms with E-state index in [2.05, 4.69) is 6.07 Å². The van der Waals surface area contributed by atoms with E-state index in [4.69, 9.17) is 16.4 Å². The van der Waals surface area contributed by atoms with Crippen LogP contribution in [-0.2, 0) is 27.3 Å². The van der Waals surface area contributed by atoms with Gasteiger partial charge in [0.15, 0.2) is 6.10 Å². The van der Waals surface area contributed by atoms with Crippen molar-refractivity contribution in [3.8, 4) is 6.07 Å². The van der Waals surface area contributed by atoms with Gasteiger partial charge in [0, 0.05) is 22.0 Å². The third-order valence-corrected chi connectivity index (χ3v) is 8.64. The molecule has 2 fully saturated rings. The molecule has 9 nitrogen and oxygen atoms in total. The normalized spacial score (nSPS) is 22.6. The number of carbonyl (C=O) groups excluding carboxylic acids is 2. The van der Waals surface area contributed by atoms with Crippen molar-refractivity contribution >= 4 is 51.1 Å². The van der Waals surface area contributed by atoms with Gasteiger partial charge in [-0.05, 0) is 61.1 Å². The molecule has 0 radical (unpaired) electrons. The van der Waals surface area contributed by atoms with Crippen molar-refractivity contribution < 1.29 is 19.3 Å². The van der Waals surface area contributed by atoms with E-state index in [1.54, 1.807) is 36.4 Å². The Balaban J connectivity index is 1.43. The molecule has 3 aliphatic rings. The molecule has 186 valence electrons. The van der Waals surface area contributed by atoms with Gasteiger partial charge in [0.2, 0.25) is 5.91 Å². The third kappa shape index (κ3) is 3.70. The molecular formula is C26H19ClN4O5S. The molecule has 2 saturated heterocycles. The van der Waals surface area contributed by atoms with Crippen molar-refractivity contribution in [3.05, 3.63) is 85.2 Å². The van der Waals surface area contributed by atoms with Crippen LogP contribution in [0, 0.1) is 27.4 Å².